The van der Waals surface area contributed by atoms with Gasteiger partial charge in [-0.1, -0.05) is 18.2 Å². The molecule has 0 radical (unpaired) electrons. The van der Waals surface area contributed by atoms with Gasteiger partial charge in [-0.2, -0.15) is 10.1 Å². The predicted octanol–water partition coefficient (Wildman–Crippen LogP) is 2.61. The first-order valence-electron chi connectivity index (χ1n) is 8.62. The van der Waals surface area contributed by atoms with E-state index >= 15 is 0 Å². The second-order valence-electron chi connectivity index (χ2n) is 6.36. The van der Waals surface area contributed by atoms with Crippen LogP contribution in [0.3, 0.4) is 0 Å². The zero-order chi connectivity index (χ0) is 17.2. The summed E-state index contributed by atoms with van der Waals surface area (Å²) in [5, 5.41) is 4.52. The van der Waals surface area contributed by atoms with Crippen LogP contribution in [-0.4, -0.2) is 45.9 Å². The predicted molar refractivity (Wildman–Crippen MR) is 99.5 cm³/mol. The minimum Gasteiger partial charge on any atom is -0.368 e. The van der Waals surface area contributed by atoms with Gasteiger partial charge < -0.3 is 9.80 Å². The van der Waals surface area contributed by atoms with Gasteiger partial charge in [-0.15, -0.1) is 0 Å². The van der Waals surface area contributed by atoms with Crippen molar-refractivity contribution in [1.82, 2.24) is 19.7 Å². The van der Waals surface area contributed by atoms with Crippen molar-refractivity contribution in [2.45, 2.75) is 13.8 Å². The fourth-order valence-electron chi connectivity index (χ4n) is 3.27. The molecule has 0 aliphatic carbocycles. The van der Waals surface area contributed by atoms with Gasteiger partial charge in [0, 0.05) is 49.8 Å². The number of aromatic nitrogens is 4. The fourth-order valence-corrected chi connectivity index (χ4v) is 3.27. The van der Waals surface area contributed by atoms with E-state index in [1.165, 1.54) is 5.69 Å². The van der Waals surface area contributed by atoms with Crippen molar-refractivity contribution in [3.8, 4) is 5.82 Å². The van der Waals surface area contributed by atoms with E-state index in [-0.39, 0.29) is 0 Å². The van der Waals surface area contributed by atoms with Crippen LogP contribution in [0.2, 0.25) is 0 Å². The van der Waals surface area contributed by atoms with Crippen molar-refractivity contribution in [3.63, 3.8) is 0 Å². The van der Waals surface area contributed by atoms with E-state index in [4.69, 9.17) is 4.98 Å². The molecule has 0 amide bonds. The zero-order valence-electron chi connectivity index (χ0n) is 14.6. The Morgan fingerprint density at radius 2 is 1.60 bits per heavy atom. The van der Waals surface area contributed by atoms with Crippen molar-refractivity contribution in [2.24, 2.45) is 0 Å². The minimum absolute atomic E-state index is 0.776. The number of nitrogens with zero attached hydrogens (tertiary/aromatic N) is 6. The van der Waals surface area contributed by atoms with E-state index in [9.17, 15) is 0 Å². The molecule has 3 aromatic rings. The lowest BCUT2D eigenvalue weighted by Gasteiger charge is -2.36. The lowest BCUT2D eigenvalue weighted by molar-refractivity contribution is 0.637. The summed E-state index contributed by atoms with van der Waals surface area (Å²) in [5.41, 5.74) is 3.35. The van der Waals surface area contributed by atoms with Crippen molar-refractivity contribution in [2.75, 3.05) is 36.0 Å². The van der Waals surface area contributed by atoms with E-state index in [0.717, 1.165) is 49.3 Å². The average molecular weight is 334 g/mol. The maximum atomic E-state index is 4.74. The summed E-state index contributed by atoms with van der Waals surface area (Å²) >= 11 is 0. The molecular formula is C19H22N6. The van der Waals surface area contributed by atoms with Gasteiger partial charge in [0.2, 0.25) is 5.95 Å². The van der Waals surface area contributed by atoms with Crippen LogP contribution in [0.15, 0.2) is 48.7 Å². The molecule has 6 nitrogen and oxygen atoms in total. The van der Waals surface area contributed by atoms with Crippen molar-refractivity contribution in [1.29, 1.82) is 0 Å². The van der Waals surface area contributed by atoms with E-state index in [1.807, 2.05) is 30.8 Å². The van der Waals surface area contributed by atoms with E-state index in [0.29, 0.717) is 0 Å². The number of piperazine rings is 1. The number of hydrogen-bond donors (Lipinski definition) is 0. The summed E-state index contributed by atoms with van der Waals surface area (Å²) in [5.74, 6) is 1.60. The third-order valence-corrected chi connectivity index (χ3v) is 4.54. The van der Waals surface area contributed by atoms with E-state index in [2.05, 4.69) is 56.3 Å². The first kappa shape index (κ1) is 15.6. The summed E-state index contributed by atoms with van der Waals surface area (Å²) in [7, 11) is 0. The highest BCUT2D eigenvalue weighted by Crippen LogP contribution is 2.19. The molecule has 128 valence electrons. The summed E-state index contributed by atoms with van der Waals surface area (Å²) in [6.45, 7) is 7.80. The molecule has 1 fully saturated rings. The Labute approximate surface area is 147 Å². The van der Waals surface area contributed by atoms with Gasteiger partial charge in [-0.25, -0.2) is 9.67 Å². The van der Waals surface area contributed by atoms with Crippen LogP contribution in [0.5, 0.6) is 0 Å². The Bertz CT molecular complexity index is 849. The number of anilines is 2. The smallest absolute Gasteiger partial charge is 0.227 e. The maximum Gasteiger partial charge on any atom is 0.227 e. The Kier molecular flexibility index (Phi) is 4.09. The summed E-state index contributed by atoms with van der Waals surface area (Å²) < 4.78 is 1.88. The maximum absolute atomic E-state index is 4.74. The first-order chi connectivity index (χ1) is 12.2. The normalized spacial score (nSPS) is 14.8. The SMILES string of the molecule is Cc1cc(C)n(-c2ccnc(N3CCN(c4ccccc4)CC3)n2)n1. The van der Waals surface area contributed by atoms with E-state index in [1.54, 1.807) is 0 Å². The number of rotatable bonds is 3. The molecule has 25 heavy (non-hydrogen) atoms. The zero-order valence-corrected chi connectivity index (χ0v) is 14.6. The molecule has 1 aliphatic heterocycles. The highest BCUT2D eigenvalue weighted by Gasteiger charge is 2.19. The third kappa shape index (κ3) is 3.20. The lowest BCUT2D eigenvalue weighted by atomic mass is 10.2. The van der Waals surface area contributed by atoms with Gasteiger partial charge in [0.15, 0.2) is 5.82 Å². The van der Waals surface area contributed by atoms with Crippen molar-refractivity contribution < 1.29 is 0 Å². The molecule has 6 heteroatoms. The summed E-state index contributed by atoms with van der Waals surface area (Å²) in [6.07, 6.45) is 1.82. The number of hydrogen-bond acceptors (Lipinski definition) is 5. The van der Waals surface area contributed by atoms with E-state index < -0.39 is 0 Å². The molecule has 0 spiro atoms. The number of aryl methyl sites for hydroxylation is 2. The monoisotopic (exact) mass is 334 g/mol. The van der Waals surface area contributed by atoms with Crippen LogP contribution in [0.4, 0.5) is 11.6 Å². The molecule has 1 saturated heterocycles. The highest BCUT2D eigenvalue weighted by molar-refractivity contribution is 5.48. The molecule has 0 atom stereocenters. The molecule has 4 rings (SSSR count). The van der Waals surface area contributed by atoms with Gasteiger partial charge in [0.1, 0.15) is 0 Å². The largest absolute Gasteiger partial charge is 0.368 e. The van der Waals surface area contributed by atoms with Crippen LogP contribution in [-0.2, 0) is 0 Å². The van der Waals surface area contributed by atoms with Crippen LogP contribution in [0, 0.1) is 13.8 Å². The Morgan fingerprint density at radius 3 is 2.28 bits per heavy atom. The lowest BCUT2D eigenvalue weighted by Crippen LogP contribution is -2.47. The van der Waals surface area contributed by atoms with Gasteiger partial charge in [-0.3, -0.25) is 0 Å². The fraction of sp³-hybridized carbons (Fsp3) is 0.316. The topological polar surface area (TPSA) is 50.1 Å². The van der Waals surface area contributed by atoms with Crippen LogP contribution in [0.1, 0.15) is 11.4 Å². The van der Waals surface area contributed by atoms with Crippen LogP contribution >= 0.6 is 0 Å². The Morgan fingerprint density at radius 1 is 0.880 bits per heavy atom. The second-order valence-corrected chi connectivity index (χ2v) is 6.36. The number of benzene rings is 1. The van der Waals surface area contributed by atoms with Crippen LogP contribution in [0.25, 0.3) is 5.82 Å². The quantitative estimate of drug-likeness (QED) is 0.737. The van der Waals surface area contributed by atoms with Gasteiger partial charge >= 0.3 is 0 Å². The summed E-state index contributed by atoms with van der Waals surface area (Å²) in [4.78, 5) is 13.9. The molecule has 0 N–H and O–H groups in total. The van der Waals surface area contributed by atoms with Gasteiger partial charge in [-0.05, 0) is 32.0 Å². The number of para-hydroxylation sites is 1. The van der Waals surface area contributed by atoms with Crippen molar-refractivity contribution in [3.05, 3.63) is 60.0 Å². The van der Waals surface area contributed by atoms with Crippen LogP contribution < -0.4 is 9.80 Å². The molecule has 2 aromatic heterocycles. The Balaban J connectivity index is 1.50. The molecule has 1 aliphatic rings. The average Bonchev–Trinajstić information content (AvgIpc) is 3.01. The summed E-state index contributed by atoms with van der Waals surface area (Å²) in [6, 6.07) is 14.5. The molecule has 0 saturated carbocycles. The van der Waals surface area contributed by atoms with Gasteiger partial charge in [0.05, 0.1) is 5.69 Å². The third-order valence-electron chi connectivity index (χ3n) is 4.54. The highest BCUT2D eigenvalue weighted by atomic mass is 15.4. The molecular weight excluding hydrogens is 312 g/mol. The molecule has 1 aromatic carbocycles. The molecule has 3 heterocycles. The second kappa shape index (κ2) is 6.55. The minimum atomic E-state index is 0.776. The standard InChI is InChI=1S/C19H22N6/c1-15-14-16(2)25(22-15)18-8-9-20-19(21-18)24-12-10-23(11-13-24)17-6-4-3-5-7-17/h3-9,14H,10-13H2,1-2H3. The molecule has 0 bridgehead atoms. The Hall–Kier alpha value is -2.89. The van der Waals surface area contributed by atoms with Gasteiger partial charge in [0.25, 0.3) is 0 Å². The molecule has 0 unspecified atom stereocenters. The van der Waals surface area contributed by atoms with Crippen molar-refractivity contribution >= 4 is 11.6 Å². The first-order valence-corrected chi connectivity index (χ1v) is 8.62.